The molecule has 2 aromatic heterocycles. The molecule has 2 aliphatic rings. The van der Waals surface area contributed by atoms with Gasteiger partial charge in [-0.25, -0.2) is 4.39 Å². The van der Waals surface area contributed by atoms with Gasteiger partial charge in [0.2, 0.25) is 0 Å². The van der Waals surface area contributed by atoms with Crippen molar-refractivity contribution in [1.29, 1.82) is 0 Å². The molecule has 0 amide bonds. The van der Waals surface area contributed by atoms with Crippen LogP contribution in [-0.2, 0) is 7.05 Å². The molecule has 8 heteroatoms. The minimum atomic E-state index is -0.915. The molecule has 1 aromatic carbocycles. The molecular weight excluding hydrogens is 359 g/mol. The van der Waals surface area contributed by atoms with E-state index < -0.39 is 6.17 Å². The van der Waals surface area contributed by atoms with E-state index in [1.165, 1.54) is 0 Å². The number of rotatable bonds is 3. The first-order valence-corrected chi connectivity index (χ1v) is 9.63. The van der Waals surface area contributed by atoms with Crippen LogP contribution in [0.15, 0.2) is 30.5 Å². The van der Waals surface area contributed by atoms with Gasteiger partial charge in [0.15, 0.2) is 5.82 Å². The second kappa shape index (κ2) is 6.41. The van der Waals surface area contributed by atoms with E-state index in [0.29, 0.717) is 23.1 Å². The van der Waals surface area contributed by atoms with Gasteiger partial charge in [-0.15, -0.1) is 10.2 Å². The fourth-order valence-corrected chi connectivity index (χ4v) is 4.57. The molecule has 28 heavy (non-hydrogen) atoms. The van der Waals surface area contributed by atoms with Crippen LogP contribution in [0.3, 0.4) is 0 Å². The van der Waals surface area contributed by atoms with Crippen LogP contribution in [0.4, 0.5) is 10.2 Å². The Hall–Kier alpha value is -2.74. The minimum absolute atomic E-state index is 0.0541. The van der Waals surface area contributed by atoms with E-state index in [-0.39, 0.29) is 17.8 Å². The summed E-state index contributed by atoms with van der Waals surface area (Å²) in [6.45, 7) is 0. The van der Waals surface area contributed by atoms with Crippen LogP contribution >= 0.6 is 0 Å². The first-order valence-electron chi connectivity index (χ1n) is 9.63. The summed E-state index contributed by atoms with van der Waals surface area (Å²) in [4.78, 5) is 1.90. The number of aromatic hydroxyl groups is 1. The van der Waals surface area contributed by atoms with Crippen molar-refractivity contribution in [2.75, 3.05) is 11.9 Å². The highest BCUT2D eigenvalue weighted by atomic mass is 19.1. The summed E-state index contributed by atoms with van der Waals surface area (Å²) in [5, 5.41) is 27.5. The maximum absolute atomic E-state index is 14.8. The predicted octanol–water partition coefficient (Wildman–Crippen LogP) is 2.40. The van der Waals surface area contributed by atoms with Crippen LogP contribution in [0.5, 0.6) is 5.75 Å². The number of fused-ring (bicyclic) bond motifs is 3. The van der Waals surface area contributed by atoms with Crippen molar-refractivity contribution < 1.29 is 9.50 Å². The van der Waals surface area contributed by atoms with Crippen LogP contribution in [0, 0.1) is 0 Å². The molecule has 5 rings (SSSR count). The molecule has 7 nitrogen and oxygen atoms in total. The Balaban J connectivity index is 1.42. The van der Waals surface area contributed by atoms with Crippen molar-refractivity contribution in [3.8, 4) is 17.0 Å². The molecule has 4 heterocycles. The number of aryl methyl sites for hydroxylation is 1. The third-order valence-electron chi connectivity index (χ3n) is 6.20. The molecule has 0 saturated carbocycles. The predicted molar refractivity (Wildman–Crippen MR) is 105 cm³/mol. The number of alkyl halides is 1. The van der Waals surface area contributed by atoms with Gasteiger partial charge in [-0.1, -0.05) is 0 Å². The molecule has 146 valence electrons. The molecule has 3 aromatic rings. The molecule has 4 atom stereocenters. The van der Waals surface area contributed by atoms with Gasteiger partial charge in [0.1, 0.15) is 11.9 Å². The lowest BCUT2D eigenvalue weighted by Gasteiger charge is -2.38. The SMILES string of the molecule is CN(c1ccc(-c2cc3cnn(C)c3cc2O)nn1)[C@@H]1CC2CCC(N2)[C@@H]1F. The summed E-state index contributed by atoms with van der Waals surface area (Å²) < 4.78 is 16.5. The molecule has 2 unspecified atom stereocenters. The van der Waals surface area contributed by atoms with Crippen LogP contribution in [0.25, 0.3) is 22.2 Å². The van der Waals surface area contributed by atoms with Crippen LogP contribution in [0.1, 0.15) is 19.3 Å². The Kier molecular flexibility index (Phi) is 3.97. The van der Waals surface area contributed by atoms with Crippen LogP contribution in [-0.4, -0.2) is 56.4 Å². The number of nitrogens with one attached hydrogen (secondary N) is 1. The number of hydrogen-bond donors (Lipinski definition) is 2. The highest BCUT2D eigenvalue weighted by molar-refractivity contribution is 5.87. The van der Waals surface area contributed by atoms with Gasteiger partial charge < -0.3 is 15.3 Å². The molecule has 0 radical (unpaired) electrons. The smallest absolute Gasteiger partial charge is 0.151 e. The number of benzene rings is 1. The molecule has 0 spiro atoms. The fraction of sp³-hybridized carbons (Fsp3) is 0.450. The highest BCUT2D eigenvalue weighted by Crippen LogP contribution is 2.35. The van der Waals surface area contributed by atoms with Gasteiger partial charge in [-0.05, 0) is 37.5 Å². The number of halogens is 1. The van der Waals surface area contributed by atoms with Crippen LogP contribution in [0.2, 0.25) is 0 Å². The Bertz CT molecular complexity index is 1020. The van der Waals surface area contributed by atoms with Gasteiger partial charge >= 0.3 is 0 Å². The zero-order chi connectivity index (χ0) is 19.4. The number of nitrogens with zero attached hydrogens (tertiary/aromatic N) is 5. The van der Waals surface area contributed by atoms with Gasteiger partial charge in [-0.2, -0.15) is 5.10 Å². The Morgan fingerprint density at radius 3 is 2.89 bits per heavy atom. The van der Waals surface area contributed by atoms with Gasteiger partial charge in [0.25, 0.3) is 0 Å². The van der Waals surface area contributed by atoms with Gasteiger partial charge in [0.05, 0.1) is 23.4 Å². The Labute approximate surface area is 162 Å². The van der Waals surface area contributed by atoms with E-state index in [2.05, 4.69) is 20.6 Å². The summed E-state index contributed by atoms with van der Waals surface area (Å²) in [5.74, 6) is 0.768. The standard InChI is InChI=1S/C20H23FN6O/c1-26(17-8-12-3-4-15(23-12)20(17)21)19-6-5-14(24-25-19)13-7-11-10-22-27(2)16(11)9-18(13)28/h5-7,9-10,12,15,17,20,23,28H,3-4,8H2,1-2H3/t12?,15?,17-,20+/m1/s1. The largest absolute Gasteiger partial charge is 0.507 e. The maximum Gasteiger partial charge on any atom is 0.151 e. The molecule has 2 aliphatic heterocycles. The molecule has 2 saturated heterocycles. The number of anilines is 1. The normalized spacial score (nSPS) is 26.7. The molecule has 2 N–H and O–H groups in total. The second-order valence-electron chi connectivity index (χ2n) is 7.88. The van der Waals surface area contributed by atoms with Gasteiger partial charge in [0, 0.05) is 43.2 Å². The van der Waals surface area contributed by atoms with Crippen molar-refractivity contribution in [2.45, 2.75) is 43.6 Å². The number of hydrogen-bond acceptors (Lipinski definition) is 6. The van der Waals surface area contributed by atoms with E-state index in [4.69, 9.17) is 0 Å². The first kappa shape index (κ1) is 17.4. The lowest BCUT2D eigenvalue weighted by atomic mass is 9.96. The lowest BCUT2D eigenvalue weighted by molar-refractivity contribution is 0.176. The number of phenols is 1. The van der Waals surface area contributed by atoms with E-state index >= 15 is 0 Å². The third kappa shape index (κ3) is 2.71. The lowest BCUT2D eigenvalue weighted by Crippen LogP contribution is -2.55. The molecule has 2 fully saturated rings. The number of phenolic OH excluding ortho intramolecular Hbond substituents is 1. The fourth-order valence-electron chi connectivity index (χ4n) is 4.57. The van der Waals surface area contributed by atoms with Crippen molar-refractivity contribution in [3.63, 3.8) is 0 Å². The summed E-state index contributed by atoms with van der Waals surface area (Å²) >= 11 is 0. The van der Waals surface area contributed by atoms with Crippen molar-refractivity contribution in [1.82, 2.24) is 25.3 Å². The summed E-state index contributed by atoms with van der Waals surface area (Å²) in [7, 11) is 3.71. The minimum Gasteiger partial charge on any atom is -0.507 e. The number of piperidine rings is 1. The number of aromatic nitrogens is 4. The monoisotopic (exact) mass is 382 g/mol. The van der Waals surface area contributed by atoms with Crippen molar-refractivity contribution in [2.24, 2.45) is 7.05 Å². The molecule has 2 bridgehead atoms. The maximum atomic E-state index is 14.8. The topological polar surface area (TPSA) is 79.1 Å². The van der Waals surface area contributed by atoms with E-state index in [9.17, 15) is 9.50 Å². The summed E-state index contributed by atoms with van der Waals surface area (Å²) in [6.07, 6.45) is 3.55. The summed E-state index contributed by atoms with van der Waals surface area (Å²) in [6, 6.07) is 7.33. The quantitative estimate of drug-likeness (QED) is 0.724. The summed E-state index contributed by atoms with van der Waals surface area (Å²) in [5.41, 5.74) is 2.02. The molecular formula is C20H23FN6O. The highest BCUT2D eigenvalue weighted by Gasteiger charge is 2.43. The van der Waals surface area contributed by atoms with Crippen molar-refractivity contribution >= 4 is 16.7 Å². The van der Waals surface area contributed by atoms with Gasteiger partial charge in [-0.3, -0.25) is 4.68 Å². The van der Waals surface area contributed by atoms with E-state index in [1.54, 1.807) is 16.9 Å². The molecule has 0 aliphatic carbocycles. The van der Waals surface area contributed by atoms with E-state index in [0.717, 1.165) is 30.2 Å². The first-order chi connectivity index (χ1) is 13.5. The third-order valence-corrected chi connectivity index (χ3v) is 6.20. The zero-order valence-corrected chi connectivity index (χ0v) is 15.9. The second-order valence-corrected chi connectivity index (χ2v) is 7.88. The van der Waals surface area contributed by atoms with Crippen molar-refractivity contribution in [3.05, 3.63) is 30.5 Å². The van der Waals surface area contributed by atoms with Crippen LogP contribution < -0.4 is 10.2 Å². The van der Waals surface area contributed by atoms with E-state index in [1.807, 2.05) is 37.2 Å². The average molecular weight is 382 g/mol. The average Bonchev–Trinajstić information content (AvgIpc) is 3.28. The Morgan fingerprint density at radius 1 is 1.25 bits per heavy atom. The Morgan fingerprint density at radius 2 is 2.11 bits per heavy atom. The zero-order valence-electron chi connectivity index (χ0n) is 15.9.